The molecule has 0 spiro atoms. The summed E-state index contributed by atoms with van der Waals surface area (Å²) < 4.78 is 7.58. The number of carbonyl (C=O) groups excluding carboxylic acids is 1. The van der Waals surface area contributed by atoms with Crippen molar-refractivity contribution in [2.45, 2.75) is 0 Å². The number of benzene rings is 2. The number of nitrogens with zero attached hydrogens (tertiary/aromatic N) is 6. The van der Waals surface area contributed by atoms with Gasteiger partial charge in [-0.25, -0.2) is 19.5 Å². The van der Waals surface area contributed by atoms with Crippen LogP contribution in [0.4, 0.5) is 28.7 Å². The van der Waals surface area contributed by atoms with E-state index in [-0.39, 0.29) is 5.91 Å². The summed E-state index contributed by atoms with van der Waals surface area (Å²) in [4.78, 5) is 26.9. The first kappa shape index (κ1) is 26.6. The highest BCUT2D eigenvalue weighted by Gasteiger charge is 2.08. The molecule has 0 radical (unpaired) electrons. The first-order valence-electron chi connectivity index (χ1n) is 12.3. The molecule has 0 saturated carbocycles. The number of hydrogen-bond donors (Lipinski definition) is 3. The predicted octanol–water partition coefficient (Wildman–Crippen LogP) is 5.51. The van der Waals surface area contributed by atoms with Gasteiger partial charge in [0.25, 0.3) is 0 Å². The number of ether oxygens (including phenoxy) is 1. The Kier molecular flexibility index (Phi) is 8.14. The standard InChI is InChI=1S/C28H26ClN9O2/c1-37(2)11-4-7-28(39)36-20-6-3-5-19(13-20)34-25-16-26(31-17-30-25)35-21-8-9-24(23(29)14-21)40-22-10-12-38-27(15-22)32-18-33-38/h3-10,12-18H,11H2,1-2H3,(H,36,39)(H2,30,31,34,35)/b7-4+. The maximum Gasteiger partial charge on any atom is 0.248 e. The van der Waals surface area contributed by atoms with Crippen LogP contribution in [-0.4, -0.2) is 56.0 Å². The van der Waals surface area contributed by atoms with Crippen LogP contribution in [0, 0.1) is 0 Å². The zero-order chi connectivity index (χ0) is 27.9. The van der Waals surface area contributed by atoms with E-state index in [1.807, 2.05) is 49.3 Å². The molecule has 2 aromatic carbocycles. The van der Waals surface area contributed by atoms with Crippen LogP contribution >= 0.6 is 11.6 Å². The normalized spacial score (nSPS) is 11.2. The number of fused-ring (bicyclic) bond motifs is 1. The molecule has 12 heteroatoms. The molecule has 3 aromatic heterocycles. The lowest BCUT2D eigenvalue weighted by atomic mass is 10.2. The van der Waals surface area contributed by atoms with E-state index >= 15 is 0 Å². The van der Waals surface area contributed by atoms with Gasteiger partial charge in [0, 0.05) is 48.0 Å². The highest BCUT2D eigenvalue weighted by Crippen LogP contribution is 2.33. The Morgan fingerprint density at radius 3 is 2.50 bits per heavy atom. The third kappa shape index (κ3) is 7.10. The van der Waals surface area contributed by atoms with Crippen LogP contribution in [-0.2, 0) is 4.79 Å². The molecule has 11 nitrogen and oxygen atoms in total. The van der Waals surface area contributed by atoms with Gasteiger partial charge in [0.1, 0.15) is 35.8 Å². The second kappa shape index (κ2) is 12.2. The zero-order valence-electron chi connectivity index (χ0n) is 21.7. The van der Waals surface area contributed by atoms with Gasteiger partial charge in [-0.2, -0.15) is 5.10 Å². The van der Waals surface area contributed by atoms with Crippen LogP contribution in [0.1, 0.15) is 0 Å². The number of halogens is 1. The highest BCUT2D eigenvalue weighted by molar-refractivity contribution is 6.32. The van der Waals surface area contributed by atoms with Crippen LogP contribution < -0.4 is 20.7 Å². The molecule has 0 aliphatic heterocycles. The summed E-state index contributed by atoms with van der Waals surface area (Å²) in [7, 11) is 3.88. The maximum absolute atomic E-state index is 12.2. The summed E-state index contributed by atoms with van der Waals surface area (Å²) >= 11 is 6.49. The van der Waals surface area contributed by atoms with Gasteiger partial charge >= 0.3 is 0 Å². The molecule has 3 N–H and O–H groups in total. The summed E-state index contributed by atoms with van der Waals surface area (Å²) in [5, 5.41) is 13.8. The van der Waals surface area contributed by atoms with Crippen molar-refractivity contribution in [3.05, 3.63) is 96.7 Å². The maximum atomic E-state index is 12.2. The Morgan fingerprint density at radius 1 is 0.950 bits per heavy atom. The van der Waals surface area contributed by atoms with Crippen molar-refractivity contribution in [1.29, 1.82) is 0 Å². The van der Waals surface area contributed by atoms with Crippen LogP contribution in [0.25, 0.3) is 5.65 Å². The smallest absolute Gasteiger partial charge is 0.248 e. The summed E-state index contributed by atoms with van der Waals surface area (Å²) in [5.41, 5.74) is 2.81. The minimum absolute atomic E-state index is 0.195. The van der Waals surface area contributed by atoms with Crippen molar-refractivity contribution in [3.63, 3.8) is 0 Å². The second-order valence-corrected chi connectivity index (χ2v) is 9.35. The number of carbonyl (C=O) groups is 1. The van der Waals surface area contributed by atoms with Gasteiger partial charge in [-0.15, -0.1) is 0 Å². The SMILES string of the molecule is CN(C)C/C=C/C(=O)Nc1cccc(Nc2cc(Nc3ccc(Oc4ccn5ncnc5c4)c(Cl)c3)ncn2)c1. The molecule has 0 aliphatic carbocycles. The van der Waals surface area contributed by atoms with Crippen molar-refractivity contribution in [2.24, 2.45) is 0 Å². The molecule has 0 aliphatic rings. The summed E-state index contributed by atoms with van der Waals surface area (Å²) in [5.74, 6) is 2.04. The number of aromatic nitrogens is 5. The highest BCUT2D eigenvalue weighted by atomic mass is 35.5. The van der Waals surface area contributed by atoms with Gasteiger partial charge in [-0.05, 0) is 56.6 Å². The molecule has 0 fully saturated rings. The summed E-state index contributed by atoms with van der Waals surface area (Å²) in [6, 6.07) is 18.1. The summed E-state index contributed by atoms with van der Waals surface area (Å²) in [6.45, 7) is 0.685. The molecule has 1 amide bonds. The van der Waals surface area contributed by atoms with E-state index in [2.05, 4.69) is 36.0 Å². The molecule has 202 valence electrons. The number of anilines is 5. The quantitative estimate of drug-likeness (QED) is 0.191. The number of nitrogens with one attached hydrogen (secondary N) is 3. The molecule has 0 bridgehead atoms. The molecule has 5 rings (SSSR count). The van der Waals surface area contributed by atoms with Crippen molar-refractivity contribution in [2.75, 3.05) is 36.6 Å². The second-order valence-electron chi connectivity index (χ2n) is 8.95. The van der Waals surface area contributed by atoms with Crippen molar-refractivity contribution < 1.29 is 9.53 Å². The lowest BCUT2D eigenvalue weighted by Gasteiger charge is -2.12. The molecule has 0 saturated heterocycles. The topological polar surface area (TPSA) is 122 Å². The van der Waals surface area contributed by atoms with Gasteiger partial charge in [-0.1, -0.05) is 23.7 Å². The molecular formula is C28H26ClN9O2. The largest absolute Gasteiger partial charge is 0.456 e. The van der Waals surface area contributed by atoms with Gasteiger partial charge in [0.15, 0.2) is 5.65 Å². The van der Waals surface area contributed by atoms with Crippen LogP contribution in [0.5, 0.6) is 11.5 Å². The van der Waals surface area contributed by atoms with E-state index in [0.717, 1.165) is 11.4 Å². The fraction of sp³-hybridized carbons (Fsp3) is 0.107. The van der Waals surface area contributed by atoms with E-state index < -0.39 is 0 Å². The number of rotatable bonds is 10. The molecular weight excluding hydrogens is 530 g/mol. The van der Waals surface area contributed by atoms with E-state index in [1.165, 1.54) is 18.7 Å². The Labute approximate surface area is 235 Å². The average Bonchev–Trinajstić information content (AvgIpc) is 3.38. The number of pyridine rings is 1. The van der Waals surface area contributed by atoms with Crippen LogP contribution in [0.2, 0.25) is 5.02 Å². The fourth-order valence-electron chi connectivity index (χ4n) is 3.67. The zero-order valence-corrected chi connectivity index (χ0v) is 22.5. The molecule has 40 heavy (non-hydrogen) atoms. The van der Waals surface area contributed by atoms with Gasteiger partial charge in [0.2, 0.25) is 5.91 Å². The number of amides is 1. The van der Waals surface area contributed by atoms with E-state index in [0.29, 0.717) is 46.0 Å². The fourth-order valence-corrected chi connectivity index (χ4v) is 3.89. The van der Waals surface area contributed by atoms with Crippen molar-refractivity contribution in [1.82, 2.24) is 29.5 Å². The van der Waals surface area contributed by atoms with Crippen LogP contribution in [0.3, 0.4) is 0 Å². The lowest BCUT2D eigenvalue weighted by molar-refractivity contribution is -0.111. The monoisotopic (exact) mass is 555 g/mol. The molecule has 5 aromatic rings. The number of hydrogen-bond acceptors (Lipinski definition) is 9. The average molecular weight is 556 g/mol. The summed E-state index contributed by atoms with van der Waals surface area (Å²) in [6.07, 6.45) is 8.01. The molecule has 0 atom stereocenters. The Balaban J connectivity index is 1.21. The predicted molar refractivity (Wildman–Crippen MR) is 156 cm³/mol. The van der Waals surface area contributed by atoms with Crippen molar-refractivity contribution >= 4 is 51.9 Å². The minimum Gasteiger partial charge on any atom is -0.456 e. The Bertz CT molecular complexity index is 1670. The van der Waals surface area contributed by atoms with Gasteiger partial charge in [-0.3, -0.25) is 4.79 Å². The third-order valence-corrected chi connectivity index (χ3v) is 5.79. The minimum atomic E-state index is -0.195. The molecule has 0 unspecified atom stereocenters. The lowest BCUT2D eigenvalue weighted by Crippen LogP contribution is -2.12. The Morgan fingerprint density at radius 2 is 1.73 bits per heavy atom. The van der Waals surface area contributed by atoms with Gasteiger partial charge < -0.3 is 25.6 Å². The van der Waals surface area contributed by atoms with Crippen LogP contribution in [0.15, 0.2) is 91.7 Å². The number of likely N-dealkylation sites (N-methyl/N-ethyl adjacent to an activating group) is 1. The van der Waals surface area contributed by atoms with E-state index in [1.54, 1.807) is 47.1 Å². The first-order chi connectivity index (χ1) is 19.4. The third-order valence-electron chi connectivity index (χ3n) is 5.49. The molecule has 3 heterocycles. The van der Waals surface area contributed by atoms with Gasteiger partial charge in [0.05, 0.1) is 5.02 Å². The van der Waals surface area contributed by atoms with E-state index in [9.17, 15) is 4.79 Å². The Hall–Kier alpha value is -5.00. The van der Waals surface area contributed by atoms with E-state index in [4.69, 9.17) is 16.3 Å². The van der Waals surface area contributed by atoms with Crippen molar-refractivity contribution in [3.8, 4) is 11.5 Å². The first-order valence-corrected chi connectivity index (χ1v) is 12.6.